The first-order valence-electron chi connectivity index (χ1n) is 11.6. The zero-order chi connectivity index (χ0) is 26.4. The van der Waals surface area contributed by atoms with Crippen LogP contribution in [0.25, 0.3) is 0 Å². The maximum atomic E-state index is 13.5. The molecule has 9 heteroatoms. The predicted molar refractivity (Wildman–Crippen MR) is 139 cm³/mol. The third kappa shape index (κ3) is 7.71. The van der Waals surface area contributed by atoms with Gasteiger partial charge in [-0.15, -0.1) is 0 Å². The number of rotatable bonds is 10. The number of carbonyl (C=O) groups is 2. The van der Waals surface area contributed by atoms with E-state index >= 15 is 0 Å². The molecule has 0 aliphatic heterocycles. The molecule has 0 aromatic heterocycles. The summed E-state index contributed by atoms with van der Waals surface area (Å²) in [5.41, 5.74) is 2.10. The van der Waals surface area contributed by atoms with Crippen LogP contribution in [0.2, 0.25) is 0 Å². The van der Waals surface area contributed by atoms with E-state index in [1.54, 1.807) is 51.3 Å². The molecule has 0 saturated carbocycles. The van der Waals surface area contributed by atoms with E-state index in [9.17, 15) is 18.0 Å². The molecule has 2 amide bonds. The topological polar surface area (TPSA) is 96.0 Å². The molecular formula is C26H37N3O5S. The Kier molecular flexibility index (Phi) is 9.31. The van der Waals surface area contributed by atoms with E-state index in [0.29, 0.717) is 18.0 Å². The van der Waals surface area contributed by atoms with Gasteiger partial charge in [-0.05, 0) is 54.7 Å². The minimum Gasteiger partial charge on any atom is -0.497 e. The van der Waals surface area contributed by atoms with Gasteiger partial charge in [0, 0.05) is 13.1 Å². The number of sulfonamides is 1. The number of benzene rings is 2. The summed E-state index contributed by atoms with van der Waals surface area (Å²) >= 11 is 0. The van der Waals surface area contributed by atoms with Crippen LogP contribution in [0.5, 0.6) is 5.75 Å². The summed E-state index contributed by atoms with van der Waals surface area (Å²) in [7, 11) is -2.22. The Morgan fingerprint density at radius 3 is 2.23 bits per heavy atom. The molecular weight excluding hydrogens is 466 g/mol. The molecule has 35 heavy (non-hydrogen) atoms. The highest BCUT2D eigenvalue weighted by atomic mass is 32.2. The van der Waals surface area contributed by atoms with Crippen LogP contribution in [0.4, 0.5) is 5.69 Å². The highest BCUT2D eigenvalue weighted by Gasteiger charge is 2.30. The fourth-order valence-corrected chi connectivity index (χ4v) is 4.46. The Labute approximate surface area is 209 Å². The van der Waals surface area contributed by atoms with Crippen LogP contribution in [0.1, 0.15) is 45.7 Å². The first kappa shape index (κ1) is 28.2. The lowest BCUT2D eigenvalue weighted by Crippen LogP contribution is -2.51. The van der Waals surface area contributed by atoms with Crippen LogP contribution in [0.15, 0.2) is 48.5 Å². The first-order chi connectivity index (χ1) is 16.3. The largest absolute Gasteiger partial charge is 0.497 e. The van der Waals surface area contributed by atoms with Crippen molar-refractivity contribution >= 4 is 27.5 Å². The van der Waals surface area contributed by atoms with Crippen molar-refractivity contribution in [1.29, 1.82) is 0 Å². The Hall–Kier alpha value is -3.07. The molecule has 192 valence electrons. The van der Waals surface area contributed by atoms with Crippen molar-refractivity contribution in [3.8, 4) is 5.75 Å². The molecule has 2 aromatic carbocycles. The number of nitrogens with zero attached hydrogens (tertiary/aromatic N) is 2. The summed E-state index contributed by atoms with van der Waals surface area (Å²) in [6.07, 6.45) is 1.07. The van der Waals surface area contributed by atoms with Gasteiger partial charge < -0.3 is 15.0 Å². The average molecular weight is 504 g/mol. The maximum Gasteiger partial charge on any atom is 0.244 e. The van der Waals surface area contributed by atoms with Gasteiger partial charge in [-0.2, -0.15) is 0 Å². The van der Waals surface area contributed by atoms with E-state index in [1.165, 1.54) is 4.90 Å². The SMILES string of the molecule is CCNC(=O)[C@@H](C)N(Cc1cccc(OC)c1)C(=O)CN(c1ccc(C(C)(C)C)cc1)S(C)(=O)=O. The lowest BCUT2D eigenvalue weighted by Gasteiger charge is -2.31. The molecule has 0 radical (unpaired) electrons. The van der Waals surface area contributed by atoms with Crippen LogP contribution >= 0.6 is 0 Å². The second-order valence-corrected chi connectivity index (χ2v) is 11.4. The molecule has 0 spiro atoms. The molecule has 2 aromatic rings. The van der Waals surface area contributed by atoms with Crippen molar-refractivity contribution in [2.75, 3.05) is 30.8 Å². The van der Waals surface area contributed by atoms with Gasteiger partial charge in [0.05, 0.1) is 19.1 Å². The summed E-state index contributed by atoms with van der Waals surface area (Å²) in [5, 5.41) is 2.74. The molecule has 0 saturated heterocycles. The number of nitrogens with one attached hydrogen (secondary N) is 1. The second kappa shape index (κ2) is 11.6. The number of hydrogen-bond donors (Lipinski definition) is 1. The van der Waals surface area contributed by atoms with Crippen molar-refractivity contribution in [3.63, 3.8) is 0 Å². The van der Waals surface area contributed by atoms with Gasteiger partial charge in [0.15, 0.2) is 0 Å². The lowest BCUT2D eigenvalue weighted by molar-refractivity contribution is -0.139. The van der Waals surface area contributed by atoms with E-state index in [0.717, 1.165) is 21.7 Å². The van der Waals surface area contributed by atoms with Crippen molar-refractivity contribution in [2.24, 2.45) is 0 Å². The van der Waals surface area contributed by atoms with Gasteiger partial charge >= 0.3 is 0 Å². The standard InChI is InChI=1S/C26H37N3O5S/c1-8-27-25(31)19(2)28(17-20-10-9-11-23(16-20)34-6)24(30)18-29(35(7,32)33)22-14-12-21(13-15-22)26(3,4)5/h9-16,19H,8,17-18H2,1-7H3,(H,27,31)/t19-/m1/s1. The van der Waals surface area contributed by atoms with Gasteiger partial charge in [0.25, 0.3) is 0 Å². The fraction of sp³-hybridized carbons (Fsp3) is 0.462. The highest BCUT2D eigenvalue weighted by molar-refractivity contribution is 7.92. The van der Waals surface area contributed by atoms with E-state index in [1.807, 2.05) is 18.2 Å². The van der Waals surface area contributed by atoms with Crippen molar-refractivity contribution in [2.45, 2.75) is 52.6 Å². The molecule has 0 heterocycles. The van der Waals surface area contributed by atoms with Gasteiger partial charge in [0.1, 0.15) is 18.3 Å². The molecule has 0 aliphatic rings. The number of anilines is 1. The van der Waals surface area contributed by atoms with Gasteiger partial charge in [0.2, 0.25) is 21.8 Å². The smallest absolute Gasteiger partial charge is 0.244 e. The summed E-state index contributed by atoms with van der Waals surface area (Å²) in [4.78, 5) is 27.5. The van der Waals surface area contributed by atoms with Crippen LogP contribution in [0, 0.1) is 0 Å². The molecule has 2 rings (SSSR count). The molecule has 0 bridgehead atoms. The summed E-state index contributed by atoms with van der Waals surface area (Å²) < 4.78 is 31.7. The Morgan fingerprint density at radius 2 is 1.71 bits per heavy atom. The third-order valence-electron chi connectivity index (χ3n) is 5.71. The number of methoxy groups -OCH3 is 1. The molecule has 0 aliphatic carbocycles. The minimum atomic E-state index is -3.77. The quantitative estimate of drug-likeness (QED) is 0.537. The average Bonchev–Trinajstić information content (AvgIpc) is 2.79. The van der Waals surface area contributed by atoms with Gasteiger partial charge in [-0.3, -0.25) is 13.9 Å². The van der Waals surface area contributed by atoms with Crippen LogP contribution in [-0.2, 0) is 31.6 Å². The highest BCUT2D eigenvalue weighted by Crippen LogP contribution is 2.26. The van der Waals surface area contributed by atoms with Crippen molar-refractivity contribution in [1.82, 2.24) is 10.2 Å². The first-order valence-corrected chi connectivity index (χ1v) is 13.4. The molecule has 0 unspecified atom stereocenters. The van der Waals surface area contributed by atoms with Crippen molar-refractivity contribution in [3.05, 3.63) is 59.7 Å². The number of likely N-dealkylation sites (N-methyl/N-ethyl adjacent to an activating group) is 1. The zero-order valence-corrected chi connectivity index (χ0v) is 22.5. The van der Waals surface area contributed by atoms with E-state index < -0.39 is 28.5 Å². The fourth-order valence-electron chi connectivity index (χ4n) is 3.61. The number of ether oxygens (including phenoxy) is 1. The maximum absolute atomic E-state index is 13.5. The van der Waals surface area contributed by atoms with Crippen LogP contribution in [0.3, 0.4) is 0 Å². The monoisotopic (exact) mass is 503 g/mol. The third-order valence-corrected chi connectivity index (χ3v) is 6.85. The number of carbonyl (C=O) groups excluding carboxylic acids is 2. The Morgan fingerprint density at radius 1 is 1.09 bits per heavy atom. The zero-order valence-electron chi connectivity index (χ0n) is 21.7. The Bertz CT molecular complexity index is 1120. The van der Waals surface area contributed by atoms with E-state index in [4.69, 9.17) is 4.74 Å². The summed E-state index contributed by atoms with van der Waals surface area (Å²) in [6, 6.07) is 13.5. The summed E-state index contributed by atoms with van der Waals surface area (Å²) in [5.74, 6) is -0.182. The lowest BCUT2D eigenvalue weighted by atomic mass is 9.87. The van der Waals surface area contributed by atoms with Gasteiger partial charge in [-0.1, -0.05) is 45.0 Å². The number of hydrogen-bond acceptors (Lipinski definition) is 5. The second-order valence-electron chi connectivity index (χ2n) is 9.51. The van der Waals surface area contributed by atoms with Crippen LogP contribution in [-0.4, -0.2) is 57.6 Å². The van der Waals surface area contributed by atoms with E-state index in [-0.39, 0.29) is 17.9 Å². The van der Waals surface area contributed by atoms with Crippen molar-refractivity contribution < 1.29 is 22.7 Å². The molecule has 8 nitrogen and oxygen atoms in total. The van der Waals surface area contributed by atoms with Gasteiger partial charge in [-0.25, -0.2) is 8.42 Å². The summed E-state index contributed by atoms with van der Waals surface area (Å²) in [6.45, 7) is 9.74. The molecule has 1 atom stereocenters. The predicted octanol–water partition coefficient (Wildman–Crippen LogP) is 3.31. The van der Waals surface area contributed by atoms with E-state index in [2.05, 4.69) is 26.1 Å². The minimum absolute atomic E-state index is 0.0973. The Balaban J connectivity index is 2.40. The molecule has 1 N–H and O–H groups in total. The van der Waals surface area contributed by atoms with Crippen LogP contribution < -0.4 is 14.4 Å². The molecule has 0 fully saturated rings. The normalized spacial score (nSPS) is 12.5. The number of amides is 2.